The number of aromatic nitrogens is 2. The summed E-state index contributed by atoms with van der Waals surface area (Å²) in [6, 6.07) is 19.0. The molecule has 0 unspecified atom stereocenters. The molecule has 3 heterocycles. The first-order valence-corrected chi connectivity index (χ1v) is 14.8. The molecule has 150 valence electrons. The maximum atomic E-state index is 4.88. The summed E-state index contributed by atoms with van der Waals surface area (Å²) in [6.07, 6.45) is 6.57. The number of fused-ring (bicyclic) bond motifs is 1. The summed E-state index contributed by atoms with van der Waals surface area (Å²) in [7, 11) is 0. The molecule has 0 bridgehead atoms. The zero-order valence-corrected chi connectivity index (χ0v) is 21.0. The Bertz CT molecular complexity index is 1220. The second-order valence-electron chi connectivity index (χ2n) is 6.29. The lowest BCUT2D eigenvalue weighted by Crippen LogP contribution is -1.78. The van der Waals surface area contributed by atoms with E-state index in [1.165, 1.54) is 18.3 Å². The molecule has 0 amide bonds. The molecule has 2 nitrogen and oxygen atoms in total. The highest BCUT2D eigenvalue weighted by molar-refractivity contribution is 8.40. The third kappa shape index (κ3) is 4.26. The first kappa shape index (κ1) is 20.7. The molecule has 2 aromatic heterocycles. The molecule has 1 aliphatic rings. The zero-order chi connectivity index (χ0) is 20.5. The molecule has 0 saturated carbocycles. The minimum atomic E-state index is 1.01. The normalized spacial score (nSPS) is 14.1. The van der Waals surface area contributed by atoms with Gasteiger partial charge in [0.2, 0.25) is 0 Å². The molecule has 2 aromatic carbocycles. The molecule has 5 rings (SSSR count). The number of nitrogens with zero attached hydrogens (tertiary/aromatic N) is 2. The van der Waals surface area contributed by atoms with Crippen LogP contribution >= 0.6 is 69.7 Å². The summed E-state index contributed by atoms with van der Waals surface area (Å²) in [5.74, 6) is 0. The van der Waals surface area contributed by atoms with Crippen molar-refractivity contribution in [3.63, 3.8) is 0 Å². The Morgan fingerprint density at radius 2 is 1.33 bits per heavy atom. The molecule has 8 heteroatoms. The van der Waals surface area contributed by atoms with E-state index in [1.807, 2.05) is 65.2 Å². The van der Waals surface area contributed by atoms with Crippen LogP contribution in [0.15, 0.2) is 67.3 Å². The second kappa shape index (κ2) is 9.14. The van der Waals surface area contributed by atoms with Crippen LogP contribution in [-0.4, -0.2) is 22.5 Å². The molecule has 0 N–H and O–H groups in total. The van der Waals surface area contributed by atoms with Gasteiger partial charge in [0, 0.05) is 11.1 Å². The van der Waals surface area contributed by atoms with Gasteiger partial charge in [-0.2, -0.15) is 0 Å². The molecule has 0 atom stereocenters. The second-order valence-corrected chi connectivity index (χ2v) is 12.8. The van der Waals surface area contributed by atoms with E-state index in [1.54, 1.807) is 22.7 Å². The molecular weight excluding hydrogens is 485 g/mol. The van der Waals surface area contributed by atoms with Crippen molar-refractivity contribution in [2.75, 3.05) is 12.5 Å². The van der Waals surface area contributed by atoms with Gasteiger partial charge in [-0.3, -0.25) is 0 Å². The van der Waals surface area contributed by atoms with Crippen molar-refractivity contribution in [1.29, 1.82) is 0 Å². The highest BCUT2D eigenvalue weighted by Crippen LogP contribution is 2.56. The van der Waals surface area contributed by atoms with E-state index in [0.717, 1.165) is 30.8 Å². The van der Waals surface area contributed by atoms with Crippen LogP contribution in [0.3, 0.4) is 0 Å². The van der Waals surface area contributed by atoms with Gasteiger partial charge in [0.05, 0.1) is 12.7 Å². The lowest BCUT2D eigenvalue weighted by molar-refractivity contribution is 1.48. The van der Waals surface area contributed by atoms with Crippen LogP contribution in [0.2, 0.25) is 0 Å². The Kier molecular flexibility index (Phi) is 6.32. The van der Waals surface area contributed by atoms with Gasteiger partial charge in [-0.05, 0) is 30.2 Å². The third-order valence-corrected chi connectivity index (χ3v) is 11.5. The molecule has 0 fully saturated rings. The van der Waals surface area contributed by atoms with Crippen molar-refractivity contribution in [2.24, 2.45) is 0 Å². The summed E-state index contributed by atoms with van der Waals surface area (Å²) in [5.41, 5.74) is 3.51. The lowest BCUT2D eigenvalue weighted by atomic mass is 10.1. The Balaban J connectivity index is 1.41. The van der Waals surface area contributed by atoms with E-state index in [-0.39, 0.29) is 0 Å². The van der Waals surface area contributed by atoms with Gasteiger partial charge in [0.25, 0.3) is 0 Å². The zero-order valence-electron chi connectivity index (χ0n) is 16.1. The maximum Gasteiger partial charge on any atom is 0.155 e. The van der Waals surface area contributed by atoms with Gasteiger partial charge in [0.1, 0.15) is 10.0 Å². The summed E-state index contributed by atoms with van der Waals surface area (Å²) in [6.45, 7) is 0. The molecule has 0 radical (unpaired) electrons. The summed E-state index contributed by atoms with van der Waals surface area (Å²) < 4.78 is 4.13. The number of benzene rings is 2. The third-order valence-electron chi connectivity index (χ3n) is 4.34. The van der Waals surface area contributed by atoms with Crippen molar-refractivity contribution < 1.29 is 0 Å². The van der Waals surface area contributed by atoms with E-state index in [2.05, 4.69) is 55.0 Å². The Morgan fingerprint density at radius 1 is 0.733 bits per heavy atom. The van der Waals surface area contributed by atoms with Gasteiger partial charge in [-0.1, -0.05) is 94.7 Å². The summed E-state index contributed by atoms with van der Waals surface area (Å²) in [5, 5.41) is 2.06. The fraction of sp³-hybridized carbons (Fsp3) is 0.0909. The number of hydrogen-bond donors (Lipinski definition) is 0. The van der Waals surface area contributed by atoms with Gasteiger partial charge in [-0.15, -0.1) is 23.5 Å². The minimum absolute atomic E-state index is 1.01. The SMILES string of the molecule is CSC1=C(SC)SC(=Cc2cccc(-c3nc4sc(-c5ccccc5)nc4s3)c2)S1. The van der Waals surface area contributed by atoms with Gasteiger partial charge in [-0.25, -0.2) is 9.97 Å². The highest BCUT2D eigenvalue weighted by atomic mass is 32.3. The quantitative estimate of drug-likeness (QED) is 0.272. The van der Waals surface area contributed by atoms with E-state index >= 15 is 0 Å². The summed E-state index contributed by atoms with van der Waals surface area (Å²) >= 11 is 10.7. The molecule has 0 aliphatic carbocycles. The standard InChI is InChI=1S/C22H16N2S6/c1-25-21-22(26-2)28-16(27-21)12-13-7-6-10-15(11-13)18-24-20-19(30-18)23-17(29-20)14-8-4-3-5-9-14/h3-12H,1-2H3. The van der Waals surface area contributed by atoms with E-state index in [0.29, 0.717) is 0 Å². The Labute approximate surface area is 200 Å². The maximum absolute atomic E-state index is 4.88. The molecule has 1 aliphatic heterocycles. The van der Waals surface area contributed by atoms with Crippen LogP contribution in [0.4, 0.5) is 0 Å². The molecule has 4 aromatic rings. The molecule has 0 spiro atoms. The van der Waals surface area contributed by atoms with E-state index < -0.39 is 0 Å². The Hall–Kier alpha value is -1.16. The van der Waals surface area contributed by atoms with Crippen molar-refractivity contribution in [2.45, 2.75) is 0 Å². The fourth-order valence-electron chi connectivity index (χ4n) is 2.96. The molecule has 0 saturated heterocycles. The molecular formula is C22H16N2S6. The predicted octanol–water partition coefficient (Wildman–Crippen LogP) is 8.72. The van der Waals surface area contributed by atoms with Gasteiger partial charge < -0.3 is 0 Å². The van der Waals surface area contributed by atoms with Crippen molar-refractivity contribution in [3.8, 4) is 21.1 Å². The van der Waals surface area contributed by atoms with Crippen molar-refractivity contribution >= 4 is 85.5 Å². The number of hydrogen-bond acceptors (Lipinski definition) is 8. The topological polar surface area (TPSA) is 25.8 Å². The van der Waals surface area contributed by atoms with Crippen LogP contribution < -0.4 is 0 Å². The summed E-state index contributed by atoms with van der Waals surface area (Å²) in [4.78, 5) is 11.7. The van der Waals surface area contributed by atoms with Gasteiger partial charge >= 0.3 is 0 Å². The average molecular weight is 501 g/mol. The average Bonchev–Trinajstić information content (AvgIpc) is 3.47. The van der Waals surface area contributed by atoms with E-state index in [9.17, 15) is 0 Å². The first-order chi connectivity index (χ1) is 14.7. The lowest BCUT2D eigenvalue weighted by Gasteiger charge is -2.01. The van der Waals surface area contributed by atoms with Crippen LogP contribution in [-0.2, 0) is 0 Å². The van der Waals surface area contributed by atoms with Crippen LogP contribution in [0.25, 0.3) is 36.9 Å². The van der Waals surface area contributed by atoms with Crippen molar-refractivity contribution in [1.82, 2.24) is 9.97 Å². The van der Waals surface area contributed by atoms with Crippen LogP contribution in [0.5, 0.6) is 0 Å². The minimum Gasteiger partial charge on any atom is -0.223 e. The van der Waals surface area contributed by atoms with Crippen molar-refractivity contribution in [3.05, 3.63) is 72.9 Å². The predicted molar refractivity (Wildman–Crippen MR) is 143 cm³/mol. The monoisotopic (exact) mass is 500 g/mol. The first-order valence-electron chi connectivity index (χ1n) is 9.06. The smallest absolute Gasteiger partial charge is 0.155 e. The van der Waals surface area contributed by atoms with Gasteiger partial charge in [0.15, 0.2) is 9.66 Å². The highest BCUT2D eigenvalue weighted by Gasteiger charge is 2.20. The van der Waals surface area contributed by atoms with E-state index in [4.69, 9.17) is 9.97 Å². The number of thioether (sulfide) groups is 4. The van der Waals surface area contributed by atoms with Crippen LogP contribution in [0, 0.1) is 0 Å². The van der Waals surface area contributed by atoms with Crippen LogP contribution in [0.1, 0.15) is 5.56 Å². The largest absolute Gasteiger partial charge is 0.223 e. The Morgan fingerprint density at radius 3 is 1.97 bits per heavy atom. The number of rotatable bonds is 5. The molecule has 30 heavy (non-hydrogen) atoms. The fourth-order valence-corrected chi connectivity index (χ4v) is 9.95. The number of thiazole rings is 2.